The molecule has 35 heavy (non-hydrogen) atoms. The molecule has 2 aromatic heterocycles. The van der Waals surface area contributed by atoms with Crippen LogP contribution < -0.4 is 24.6 Å². The Balaban J connectivity index is 1.83. The number of hydrogen-bond donors (Lipinski definition) is 1. The molecule has 9 nitrogen and oxygen atoms in total. The summed E-state index contributed by atoms with van der Waals surface area (Å²) in [5, 5.41) is 17.6. The van der Waals surface area contributed by atoms with Gasteiger partial charge in [-0.1, -0.05) is 11.6 Å². The van der Waals surface area contributed by atoms with Gasteiger partial charge in [-0.3, -0.25) is 4.79 Å². The molecule has 0 saturated carbocycles. The molecule has 0 fully saturated rings. The van der Waals surface area contributed by atoms with Gasteiger partial charge in [0.1, 0.15) is 19.2 Å². The molecule has 0 atom stereocenters. The van der Waals surface area contributed by atoms with Gasteiger partial charge in [0.15, 0.2) is 23.1 Å². The average Bonchev–Trinajstić information content (AvgIpc) is 2.79. The fourth-order valence-electron chi connectivity index (χ4n) is 3.08. The van der Waals surface area contributed by atoms with Crippen molar-refractivity contribution in [3.63, 3.8) is 0 Å². The fraction of sp³-hybridized carbons (Fsp3) is 0.200. The van der Waals surface area contributed by atoms with E-state index < -0.39 is 65.3 Å². The van der Waals surface area contributed by atoms with E-state index in [9.17, 15) is 26.7 Å². The molecule has 0 aliphatic carbocycles. The highest BCUT2D eigenvalue weighted by atomic mass is 35.5. The summed E-state index contributed by atoms with van der Waals surface area (Å²) in [4.78, 5) is 21.5. The van der Waals surface area contributed by atoms with Crippen molar-refractivity contribution in [1.29, 1.82) is 5.26 Å². The molecule has 0 amide bonds. The molecule has 4 rings (SSSR count). The summed E-state index contributed by atoms with van der Waals surface area (Å²) in [6.07, 6.45) is -4.29. The number of alkyl halides is 3. The molecule has 0 saturated heterocycles. The van der Waals surface area contributed by atoms with Gasteiger partial charge in [0.2, 0.25) is 11.5 Å². The molecule has 3 aromatic rings. The van der Waals surface area contributed by atoms with Gasteiger partial charge >= 0.3 is 17.7 Å². The van der Waals surface area contributed by atoms with Crippen LogP contribution in [0.25, 0.3) is 0 Å². The SMILES string of the molecule is N#Cc1cc(Cl)cc(Oc2c(C(F)(F)F)nc3n(c2=O)Cc2cc(F)c(OCCO)c[n+]2O3)c1F. The van der Waals surface area contributed by atoms with Gasteiger partial charge in [0, 0.05) is 15.8 Å². The lowest BCUT2D eigenvalue weighted by Crippen LogP contribution is -2.51. The zero-order valence-electron chi connectivity index (χ0n) is 17.1. The third kappa shape index (κ3) is 4.55. The normalized spacial score (nSPS) is 12.3. The largest absolute Gasteiger partial charge is 0.483 e. The van der Waals surface area contributed by atoms with Crippen LogP contribution in [0.5, 0.6) is 23.3 Å². The lowest BCUT2D eigenvalue weighted by Gasteiger charge is -2.19. The van der Waals surface area contributed by atoms with Crippen LogP contribution in [0, 0.1) is 23.0 Å². The third-order valence-corrected chi connectivity index (χ3v) is 4.81. The molecule has 182 valence electrons. The summed E-state index contributed by atoms with van der Waals surface area (Å²) in [7, 11) is 0. The van der Waals surface area contributed by atoms with Crippen molar-refractivity contribution >= 4 is 11.6 Å². The van der Waals surface area contributed by atoms with Crippen LogP contribution in [0.3, 0.4) is 0 Å². The Morgan fingerprint density at radius 3 is 2.69 bits per heavy atom. The van der Waals surface area contributed by atoms with E-state index in [4.69, 9.17) is 36.3 Å². The van der Waals surface area contributed by atoms with E-state index in [0.29, 0.717) is 4.57 Å². The summed E-state index contributed by atoms with van der Waals surface area (Å²) in [5.41, 5.74) is -3.92. The Morgan fingerprint density at radius 2 is 2.03 bits per heavy atom. The number of aromatic nitrogens is 3. The van der Waals surface area contributed by atoms with Crippen LogP contribution in [-0.4, -0.2) is 27.9 Å². The Labute approximate surface area is 196 Å². The Kier molecular flexibility index (Phi) is 6.22. The van der Waals surface area contributed by atoms with E-state index >= 15 is 0 Å². The highest BCUT2D eigenvalue weighted by Crippen LogP contribution is 2.38. The van der Waals surface area contributed by atoms with E-state index in [0.717, 1.165) is 29.1 Å². The first-order valence-electron chi connectivity index (χ1n) is 9.48. The predicted octanol–water partition coefficient (Wildman–Crippen LogP) is 2.72. The molecule has 1 aromatic carbocycles. The molecule has 0 radical (unpaired) electrons. The van der Waals surface area contributed by atoms with Gasteiger partial charge in [0.05, 0.1) is 18.2 Å². The number of fused-ring (bicyclic) bond motifs is 2. The first-order chi connectivity index (χ1) is 16.5. The summed E-state index contributed by atoms with van der Waals surface area (Å²) in [5.74, 6) is -4.94. The maximum Gasteiger partial charge on any atom is 0.437 e. The zero-order valence-corrected chi connectivity index (χ0v) is 17.8. The minimum absolute atomic E-state index is 0.0262. The summed E-state index contributed by atoms with van der Waals surface area (Å²) >= 11 is 5.77. The van der Waals surface area contributed by atoms with E-state index in [2.05, 4.69) is 4.98 Å². The molecule has 1 N–H and O–H groups in total. The minimum Gasteiger partial charge on any atom is -0.483 e. The highest BCUT2D eigenvalue weighted by molar-refractivity contribution is 6.30. The van der Waals surface area contributed by atoms with E-state index in [1.807, 2.05) is 0 Å². The minimum atomic E-state index is -5.25. The fourth-order valence-corrected chi connectivity index (χ4v) is 3.29. The highest BCUT2D eigenvalue weighted by Gasteiger charge is 2.42. The van der Waals surface area contributed by atoms with E-state index in [-0.39, 0.29) is 23.1 Å². The number of nitriles is 1. The van der Waals surface area contributed by atoms with Crippen LogP contribution in [0.15, 0.2) is 29.2 Å². The number of pyridine rings is 1. The van der Waals surface area contributed by atoms with Gasteiger partial charge in [-0.2, -0.15) is 28.3 Å². The molecule has 0 unspecified atom stereocenters. The van der Waals surface area contributed by atoms with Crippen molar-refractivity contribution in [2.45, 2.75) is 12.7 Å². The standard InChI is InChI=1S/C20H11ClF5N4O5/c21-10-3-9(6-27)15(23)13(4-10)34-16-17(20(24,25)26)28-19-29(18(16)32)7-11-5-12(22)14(33-2-1-31)8-30(11)35-19/h3-5,8,31H,1-2,7H2/q+1. The number of nitrogens with zero attached hydrogens (tertiary/aromatic N) is 4. The Hall–Kier alpha value is -3.96. The van der Waals surface area contributed by atoms with Crippen molar-refractivity contribution in [3.05, 3.63) is 68.4 Å². The van der Waals surface area contributed by atoms with Crippen molar-refractivity contribution in [1.82, 2.24) is 9.55 Å². The number of ether oxygens (including phenoxy) is 2. The monoisotopic (exact) mass is 517 g/mol. The van der Waals surface area contributed by atoms with E-state index in [1.54, 1.807) is 0 Å². The molecule has 3 heterocycles. The van der Waals surface area contributed by atoms with Crippen LogP contribution in [0.1, 0.15) is 17.0 Å². The Bertz CT molecular complexity index is 1440. The number of benzene rings is 1. The van der Waals surface area contributed by atoms with Crippen LogP contribution in [0.2, 0.25) is 5.02 Å². The van der Waals surface area contributed by atoms with E-state index in [1.165, 1.54) is 6.07 Å². The predicted molar refractivity (Wildman–Crippen MR) is 104 cm³/mol. The summed E-state index contributed by atoms with van der Waals surface area (Å²) < 4.78 is 81.5. The molecular formula is C20H11ClF5N4O5+. The molecule has 0 bridgehead atoms. The van der Waals surface area contributed by atoms with Crippen LogP contribution in [0.4, 0.5) is 22.0 Å². The van der Waals surface area contributed by atoms with Gasteiger partial charge in [0.25, 0.3) is 11.9 Å². The molecule has 0 spiro atoms. The van der Waals surface area contributed by atoms with Gasteiger partial charge in [-0.15, -0.1) is 0 Å². The quantitative estimate of drug-likeness (QED) is 0.320. The number of aliphatic hydroxyl groups excluding tert-OH is 1. The smallest absolute Gasteiger partial charge is 0.437 e. The second-order valence-electron chi connectivity index (χ2n) is 6.91. The van der Waals surface area contributed by atoms with Gasteiger partial charge in [-0.25, -0.2) is 13.3 Å². The summed E-state index contributed by atoms with van der Waals surface area (Å²) in [6.45, 7) is -1.20. The Morgan fingerprint density at radius 1 is 1.29 bits per heavy atom. The second-order valence-corrected chi connectivity index (χ2v) is 7.34. The second kappa shape index (κ2) is 9.01. The molecule has 15 heteroatoms. The third-order valence-electron chi connectivity index (χ3n) is 4.59. The summed E-state index contributed by atoms with van der Waals surface area (Å²) in [6, 6.07) is 3.24. The van der Waals surface area contributed by atoms with Crippen molar-refractivity contribution in [3.8, 4) is 29.3 Å². The number of rotatable bonds is 5. The number of hydrogen-bond acceptors (Lipinski definition) is 7. The number of halogens is 6. The van der Waals surface area contributed by atoms with Crippen LogP contribution in [-0.2, 0) is 12.7 Å². The van der Waals surface area contributed by atoms with Crippen molar-refractivity contribution in [2.24, 2.45) is 0 Å². The number of aliphatic hydroxyl groups is 1. The van der Waals surface area contributed by atoms with Gasteiger partial charge in [-0.05, 0) is 6.07 Å². The maximum atomic E-state index is 14.5. The lowest BCUT2D eigenvalue weighted by atomic mass is 10.2. The molecular weight excluding hydrogens is 507 g/mol. The topological polar surface area (TPSA) is 110 Å². The van der Waals surface area contributed by atoms with Crippen molar-refractivity contribution < 1.29 is 46.1 Å². The first-order valence-corrected chi connectivity index (χ1v) is 9.86. The lowest BCUT2D eigenvalue weighted by molar-refractivity contribution is -0.886. The van der Waals surface area contributed by atoms with Crippen molar-refractivity contribution in [2.75, 3.05) is 13.2 Å². The molecule has 1 aliphatic heterocycles. The maximum absolute atomic E-state index is 14.5. The average molecular weight is 518 g/mol. The first kappa shape index (κ1) is 24.2. The van der Waals surface area contributed by atoms with Gasteiger partial charge < -0.3 is 14.6 Å². The molecule has 1 aliphatic rings. The van der Waals surface area contributed by atoms with Crippen LogP contribution >= 0.6 is 11.6 Å². The zero-order chi connectivity index (χ0) is 25.5.